The van der Waals surface area contributed by atoms with Gasteiger partial charge in [-0.25, -0.2) is 0 Å². The first kappa shape index (κ1) is 14.0. The van der Waals surface area contributed by atoms with Gasteiger partial charge >= 0.3 is 0 Å². The Bertz CT molecular complexity index is 474. The molecule has 3 nitrogen and oxygen atoms in total. The summed E-state index contributed by atoms with van der Waals surface area (Å²) in [5, 5.41) is 0. The van der Waals surface area contributed by atoms with Crippen molar-refractivity contribution in [1.82, 2.24) is 4.90 Å². The maximum atomic E-state index is 12.6. The molecule has 0 saturated carbocycles. The Balaban J connectivity index is 2.10. The SMILES string of the molecule is CC(C)N(CC(N)=S)C(=O)C1Cc2ccccc2C1. The molecule has 2 rings (SSSR count). The first-order valence-electron chi connectivity index (χ1n) is 6.64. The van der Waals surface area contributed by atoms with Crippen molar-refractivity contribution in [3.8, 4) is 0 Å². The molecule has 102 valence electrons. The zero-order valence-corrected chi connectivity index (χ0v) is 12.2. The van der Waals surface area contributed by atoms with E-state index in [1.165, 1.54) is 11.1 Å². The zero-order chi connectivity index (χ0) is 14.0. The number of fused-ring (bicyclic) bond motifs is 1. The monoisotopic (exact) mass is 276 g/mol. The van der Waals surface area contributed by atoms with Gasteiger partial charge in [-0.2, -0.15) is 0 Å². The first-order valence-corrected chi connectivity index (χ1v) is 7.05. The fourth-order valence-corrected chi connectivity index (χ4v) is 2.79. The second kappa shape index (κ2) is 5.70. The molecule has 1 aliphatic rings. The van der Waals surface area contributed by atoms with Gasteiger partial charge in [0.1, 0.15) is 0 Å². The number of amides is 1. The first-order chi connectivity index (χ1) is 8.99. The molecule has 19 heavy (non-hydrogen) atoms. The van der Waals surface area contributed by atoms with Crippen LogP contribution in [0.15, 0.2) is 24.3 Å². The molecule has 0 heterocycles. The van der Waals surface area contributed by atoms with Crippen LogP contribution in [0.5, 0.6) is 0 Å². The van der Waals surface area contributed by atoms with E-state index in [-0.39, 0.29) is 17.9 Å². The third-order valence-electron chi connectivity index (χ3n) is 3.63. The fraction of sp³-hybridized carbons (Fsp3) is 0.467. The molecule has 1 amide bonds. The Kier molecular flexibility index (Phi) is 4.20. The molecule has 0 aliphatic heterocycles. The second-order valence-corrected chi connectivity index (χ2v) is 5.92. The Morgan fingerprint density at radius 2 is 1.89 bits per heavy atom. The van der Waals surface area contributed by atoms with Crippen LogP contribution in [-0.2, 0) is 17.6 Å². The molecule has 1 aliphatic carbocycles. The molecule has 0 unspecified atom stereocenters. The molecular formula is C15H20N2OS. The van der Waals surface area contributed by atoms with Gasteiger partial charge in [-0.05, 0) is 37.8 Å². The van der Waals surface area contributed by atoms with E-state index in [0.29, 0.717) is 11.5 Å². The lowest BCUT2D eigenvalue weighted by Crippen LogP contribution is -2.45. The Morgan fingerprint density at radius 1 is 1.37 bits per heavy atom. The predicted molar refractivity (Wildman–Crippen MR) is 81.0 cm³/mol. The summed E-state index contributed by atoms with van der Waals surface area (Å²) in [5.74, 6) is 0.202. The van der Waals surface area contributed by atoms with Gasteiger partial charge in [0, 0.05) is 12.0 Å². The molecule has 0 saturated heterocycles. The van der Waals surface area contributed by atoms with E-state index in [9.17, 15) is 4.79 Å². The molecule has 4 heteroatoms. The maximum absolute atomic E-state index is 12.6. The Labute approximate surface area is 119 Å². The van der Waals surface area contributed by atoms with Gasteiger partial charge in [-0.3, -0.25) is 4.79 Å². The summed E-state index contributed by atoms with van der Waals surface area (Å²) in [4.78, 5) is 14.8. The molecular weight excluding hydrogens is 256 g/mol. The number of thiocarbonyl (C=S) groups is 1. The van der Waals surface area contributed by atoms with Crippen molar-refractivity contribution in [2.45, 2.75) is 32.7 Å². The van der Waals surface area contributed by atoms with Crippen molar-refractivity contribution in [2.24, 2.45) is 11.7 Å². The summed E-state index contributed by atoms with van der Waals surface area (Å²) in [6.45, 7) is 4.37. The summed E-state index contributed by atoms with van der Waals surface area (Å²) in [5.41, 5.74) is 8.17. The quantitative estimate of drug-likeness (QED) is 0.855. The van der Waals surface area contributed by atoms with E-state index in [0.717, 1.165) is 12.8 Å². The molecule has 1 aromatic rings. The van der Waals surface area contributed by atoms with Crippen LogP contribution >= 0.6 is 12.2 Å². The van der Waals surface area contributed by atoms with Crippen molar-refractivity contribution in [3.63, 3.8) is 0 Å². The van der Waals surface area contributed by atoms with E-state index in [2.05, 4.69) is 12.1 Å². The highest BCUT2D eigenvalue weighted by Crippen LogP contribution is 2.28. The van der Waals surface area contributed by atoms with Crippen molar-refractivity contribution < 1.29 is 4.79 Å². The van der Waals surface area contributed by atoms with Gasteiger partial charge in [0.15, 0.2) is 0 Å². The molecule has 0 fully saturated rings. The Morgan fingerprint density at radius 3 is 2.32 bits per heavy atom. The molecule has 0 spiro atoms. The minimum atomic E-state index is 0.0362. The minimum absolute atomic E-state index is 0.0362. The van der Waals surface area contributed by atoms with E-state index in [4.69, 9.17) is 18.0 Å². The van der Waals surface area contributed by atoms with Crippen molar-refractivity contribution in [3.05, 3.63) is 35.4 Å². The number of hydrogen-bond acceptors (Lipinski definition) is 2. The van der Waals surface area contributed by atoms with Crippen molar-refractivity contribution >= 4 is 23.1 Å². The van der Waals surface area contributed by atoms with Crippen LogP contribution in [0, 0.1) is 5.92 Å². The molecule has 2 N–H and O–H groups in total. The highest BCUT2D eigenvalue weighted by molar-refractivity contribution is 7.80. The summed E-state index contributed by atoms with van der Waals surface area (Å²) < 4.78 is 0. The van der Waals surface area contributed by atoms with Gasteiger partial charge in [0.05, 0.1) is 11.5 Å². The van der Waals surface area contributed by atoms with E-state index >= 15 is 0 Å². The molecule has 0 radical (unpaired) electrons. The molecule has 0 bridgehead atoms. The van der Waals surface area contributed by atoms with Gasteiger partial charge in [0.25, 0.3) is 0 Å². The number of carbonyl (C=O) groups is 1. The van der Waals surface area contributed by atoms with Crippen LogP contribution in [0.2, 0.25) is 0 Å². The van der Waals surface area contributed by atoms with Crippen LogP contribution in [0.4, 0.5) is 0 Å². The van der Waals surface area contributed by atoms with Gasteiger partial charge in [0.2, 0.25) is 5.91 Å². The third kappa shape index (κ3) is 3.13. The summed E-state index contributed by atoms with van der Waals surface area (Å²) in [6, 6.07) is 8.39. The summed E-state index contributed by atoms with van der Waals surface area (Å²) in [6.07, 6.45) is 1.66. The Hall–Kier alpha value is -1.42. The minimum Gasteiger partial charge on any atom is -0.392 e. The van der Waals surface area contributed by atoms with Gasteiger partial charge < -0.3 is 10.6 Å². The average molecular weight is 276 g/mol. The number of hydrogen-bond donors (Lipinski definition) is 1. The smallest absolute Gasteiger partial charge is 0.226 e. The topological polar surface area (TPSA) is 46.3 Å². The zero-order valence-electron chi connectivity index (χ0n) is 11.4. The molecule has 1 aromatic carbocycles. The highest BCUT2D eigenvalue weighted by atomic mass is 32.1. The van der Waals surface area contributed by atoms with Crippen molar-refractivity contribution in [2.75, 3.05) is 6.54 Å². The lowest BCUT2D eigenvalue weighted by molar-refractivity contribution is -0.136. The number of rotatable bonds is 4. The van der Waals surface area contributed by atoms with E-state index in [1.807, 2.05) is 26.0 Å². The van der Waals surface area contributed by atoms with Crippen LogP contribution in [0.1, 0.15) is 25.0 Å². The van der Waals surface area contributed by atoms with Crippen LogP contribution in [0.25, 0.3) is 0 Å². The summed E-state index contributed by atoms with van der Waals surface area (Å²) in [7, 11) is 0. The van der Waals surface area contributed by atoms with Gasteiger partial charge in [-0.1, -0.05) is 36.5 Å². The number of benzene rings is 1. The maximum Gasteiger partial charge on any atom is 0.226 e. The lowest BCUT2D eigenvalue weighted by Gasteiger charge is -2.28. The largest absolute Gasteiger partial charge is 0.392 e. The second-order valence-electron chi connectivity index (χ2n) is 5.40. The highest BCUT2D eigenvalue weighted by Gasteiger charge is 2.31. The van der Waals surface area contributed by atoms with E-state index < -0.39 is 0 Å². The standard InChI is InChI=1S/C15H20N2OS/c1-10(2)17(9-14(16)19)15(18)13-7-11-5-3-4-6-12(11)8-13/h3-6,10,13H,7-9H2,1-2H3,(H2,16,19). The van der Waals surface area contributed by atoms with Crippen molar-refractivity contribution in [1.29, 1.82) is 0 Å². The fourth-order valence-electron chi connectivity index (χ4n) is 2.65. The van der Waals surface area contributed by atoms with Crippen LogP contribution in [-0.4, -0.2) is 28.4 Å². The van der Waals surface area contributed by atoms with Crippen LogP contribution in [0.3, 0.4) is 0 Å². The molecule has 0 atom stereocenters. The number of nitrogens with two attached hydrogens (primary N) is 1. The number of carbonyl (C=O) groups excluding carboxylic acids is 1. The normalized spacial score (nSPS) is 14.5. The van der Waals surface area contributed by atoms with Crippen LogP contribution < -0.4 is 5.73 Å². The lowest BCUT2D eigenvalue weighted by atomic mass is 10.0. The van der Waals surface area contributed by atoms with Gasteiger partial charge in [-0.15, -0.1) is 0 Å². The van der Waals surface area contributed by atoms with E-state index in [1.54, 1.807) is 4.90 Å². The average Bonchev–Trinajstić information content (AvgIpc) is 2.78. The number of nitrogens with zero attached hydrogens (tertiary/aromatic N) is 1. The predicted octanol–water partition coefficient (Wildman–Crippen LogP) is 1.92. The molecule has 0 aromatic heterocycles. The summed E-state index contributed by atoms with van der Waals surface area (Å²) >= 11 is 4.94. The third-order valence-corrected chi connectivity index (χ3v) is 3.76.